The first kappa shape index (κ1) is 19.9. The second-order valence-corrected chi connectivity index (χ2v) is 7.25. The van der Waals surface area contributed by atoms with E-state index in [0.29, 0.717) is 29.6 Å². The quantitative estimate of drug-likeness (QED) is 0.665. The number of nitrogens with two attached hydrogens (primary N) is 1. The van der Waals surface area contributed by atoms with Crippen molar-refractivity contribution in [3.05, 3.63) is 35.9 Å². The Hall–Kier alpha value is -3.42. The number of piperidine rings is 1. The maximum absolute atomic E-state index is 12.0. The number of H-pyrrole nitrogens is 1. The molecule has 0 aliphatic carbocycles. The number of hydrogen-bond donors (Lipinski definition) is 2. The Morgan fingerprint density at radius 3 is 2.60 bits per heavy atom. The fraction of sp³-hybridized carbons (Fsp3) is 0.364. The number of carbonyl (C=O) groups is 1. The molecule has 1 aliphatic heterocycles. The number of rotatable bonds is 5. The summed E-state index contributed by atoms with van der Waals surface area (Å²) in [6, 6.07) is 9.19. The van der Waals surface area contributed by atoms with Crippen LogP contribution in [-0.4, -0.2) is 48.8 Å². The highest BCUT2D eigenvalue weighted by atomic mass is 16.5. The van der Waals surface area contributed by atoms with Gasteiger partial charge >= 0.3 is 6.03 Å². The first-order chi connectivity index (χ1) is 14.6. The Labute approximate surface area is 174 Å². The number of carbonyl (C=O) groups excluding carboxylic acids is 1. The average molecular weight is 410 g/mol. The van der Waals surface area contributed by atoms with Gasteiger partial charge in [-0.1, -0.05) is 12.1 Å². The van der Waals surface area contributed by atoms with Crippen LogP contribution in [0.1, 0.15) is 30.9 Å². The zero-order valence-corrected chi connectivity index (χ0v) is 17.4. The third-order valence-corrected chi connectivity index (χ3v) is 5.65. The number of primary amides is 1. The molecule has 0 radical (unpaired) electrons. The molecule has 2 aromatic carbocycles. The number of methoxy groups -OCH3 is 3. The molecule has 0 saturated carbocycles. The largest absolute Gasteiger partial charge is 0.493 e. The molecule has 2 amide bonds. The Morgan fingerprint density at radius 2 is 1.90 bits per heavy atom. The van der Waals surface area contributed by atoms with E-state index in [0.717, 1.165) is 41.4 Å². The van der Waals surface area contributed by atoms with Crippen LogP contribution in [0.15, 0.2) is 30.3 Å². The molecular weight excluding hydrogens is 384 g/mol. The third kappa shape index (κ3) is 3.28. The highest BCUT2D eigenvalue weighted by Gasteiger charge is 2.29. The molecule has 4 rings (SSSR count). The minimum Gasteiger partial charge on any atom is -0.493 e. The van der Waals surface area contributed by atoms with Crippen LogP contribution in [0.2, 0.25) is 0 Å². The molecule has 158 valence electrons. The fourth-order valence-electron chi connectivity index (χ4n) is 4.26. The van der Waals surface area contributed by atoms with Crippen LogP contribution in [0.25, 0.3) is 22.4 Å². The van der Waals surface area contributed by atoms with Crippen LogP contribution in [0.4, 0.5) is 4.79 Å². The number of nitrogens with zero attached hydrogens (tertiary/aromatic N) is 2. The average Bonchev–Trinajstić information content (AvgIpc) is 3.22. The molecule has 3 aromatic rings. The summed E-state index contributed by atoms with van der Waals surface area (Å²) in [6.07, 6.45) is 2.87. The summed E-state index contributed by atoms with van der Waals surface area (Å²) in [5, 5.41) is 0. The predicted molar refractivity (Wildman–Crippen MR) is 114 cm³/mol. The maximum atomic E-state index is 12.0. The summed E-state index contributed by atoms with van der Waals surface area (Å²) in [5.41, 5.74) is 9.10. The van der Waals surface area contributed by atoms with Gasteiger partial charge in [0.15, 0.2) is 11.5 Å². The van der Waals surface area contributed by atoms with Crippen molar-refractivity contribution in [3.8, 4) is 28.6 Å². The molecular formula is C22H26N4O4. The van der Waals surface area contributed by atoms with E-state index in [1.807, 2.05) is 30.3 Å². The van der Waals surface area contributed by atoms with E-state index < -0.39 is 6.03 Å². The first-order valence-corrected chi connectivity index (χ1v) is 9.93. The maximum Gasteiger partial charge on any atom is 0.315 e. The summed E-state index contributed by atoms with van der Waals surface area (Å²) in [7, 11) is 4.74. The Kier molecular flexibility index (Phi) is 5.39. The van der Waals surface area contributed by atoms with Gasteiger partial charge in [0.2, 0.25) is 5.75 Å². The second-order valence-electron chi connectivity index (χ2n) is 7.25. The molecule has 1 unspecified atom stereocenters. The van der Waals surface area contributed by atoms with Crippen LogP contribution < -0.4 is 19.9 Å². The molecule has 1 atom stereocenters. The molecule has 2 heterocycles. The summed E-state index contributed by atoms with van der Waals surface area (Å²) in [4.78, 5) is 22.0. The number of ether oxygens (including phenoxy) is 3. The van der Waals surface area contributed by atoms with Crippen LogP contribution in [-0.2, 0) is 0 Å². The number of aromatic amines is 1. The van der Waals surface area contributed by atoms with E-state index >= 15 is 0 Å². The lowest BCUT2D eigenvalue weighted by molar-refractivity contribution is 0.160. The highest BCUT2D eigenvalue weighted by Crippen LogP contribution is 2.44. The highest BCUT2D eigenvalue weighted by molar-refractivity contribution is 5.85. The third-order valence-electron chi connectivity index (χ3n) is 5.65. The molecule has 0 spiro atoms. The number of fused-ring (bicyclic) bond motifs is 1. The molecule has 8 nitrogen and oxygen atoms in total. The summed E-state index contributed by atoms with van der Waals surface area (Å²) in [5.74, 6) is 2.27. The smallest absolute Gasteiger partial charge is 0.315 e. The van der Waals surface area contributed by atoms with Crippen LogP contribution in [0.5, 0.6) is 17.2 Å². The number of hydrogen-bond acceptors (Lipinski definition) is 5. The number of imidazole rings is 1. The van der Waals surface area contributed by atoms with Crippen molar-refractivity contribution in [1.29, 1.82) is 0 Å². The van der Waals surface area contributed by atoms with Crippen LogP contribution in [0, 0.1) is 0 Å². The lowest BCUT2D eigenvalue weighted by Crippen LogP contribution is -2.41. The second kappa shape index (κ2) is 8.14. The molecule has 1 fully saturated rings. The number of aromatic nitrogens is 2. The minimum absolute atomic E-state index is 0.0802. The van der Waals surface area contributed by atoms with E-state index in [9.17, 15) is 4.79 Å². The molecule has 0 bridgehead atoms. The van der Waals surface area contributed by atoms with Crippen molar-refractivity contribution in [2.24, 2.45) is 5.73 Å². The number of urea groups is 1. The van der Waals surface area contributed by atoms with Gasteiger partial charge in [-0.05, 0) is 37.5 Å². The Bertz CT molecular complexity index is 1080. The normalized spacial score (nSPS) is 16.5. The van der Waals surface area contributed by atoms with Gasteiger partial charge in [-0.15, -0.1) is 0 Å². The Morgan fingerprint density at radius 1 is 1.10 bits per heavy atom. The molecule has 30 heavy (non-hydrogen) atoms. The van der Waals surface area contributed by atoms with Gasteiger partial charge in [0.25, 0.3) is 0 Å². The van der Waals surface area contributed by atoms with E-state index in [2.05, 4.69) is 4.98 Å². The van der Waals surface area contributed by atoms with E-state index in [1.165, 1.54) is 0 Å². The number of amides is 2. The van der Waals surface area contributed by atoms with Crippen molar-refractivity contribution in [1.82, 2.24) is 14.9 Å². The van der Waals surface area contributed by atoms with E-state index in [-0.39, 0.29) is 6.04 Å². The van der Waals surface area contributed by atoms with Gasteiger partial charge in [0, 0.05) is 12.1 Å². The number of benzene rings is 2. The summed E-state index contributed by atoms with van der Waals surface area (Å²) in [6.45, 7) is 0.664. The lowest BCUT2D eigenvalue weighted by atomic mass is 9.94. The summed E-state index contributed by atoms with van der Waals surface area (Å²) < 4.78 is 16.5. The monoisotopic (exact) mass is 410 g/mol. The van der Waals surface area contributed by atoms with Gasteiger partial charge in [-0.25, -0.2) is 9.78 Å². The van der Waals surface area contributed by atoms with Gasteiger partial charge in [0.05, 0.1) is 44.0 Å². The topological polar surface area (TPSA) is 103 Å². The standard InChI is InChI=1S/C22H26N4O4/c1-28-17-11-10-14(19(29-2)20(17)30-3)21-24-15-8-6-7-13(18(15)25-21)16-9-4-5-12-26(16)22(23)27/h6-8,10-11,16H,4-5,9,12H2,1-3H3,(H2,23,27)(H,24,25). The van der Waals surface area contributed by atoms with Gasteiger partial charge in [-0.2, -0.15) is 0 Å². The van der Waals surface area contributed by atoms with E-state index in [1.54, 1.807) is 26.2 Å². The van der Waals surface area contributed by atoms with Gasteiger partial charge < -0.3 is 29.8 Å². The Balaban J connectivity index is 1.84. The summed E-state index contributed by atoms with van der Waals surface area (Å²) >= 11 is 0. The SMILES string of the molecule is COc1ccc(-c2nc3c(C4CCCCN4C(N)=O)cccc3[nH]2)c(OC)c1OC. The van der Waals surface area contributed by atoms with Gasteiger partial charge in [0.1, 0.15) is 5.82 Å². The van der Waals surface area contributed by atoms with Crippen molar-refractivity contribution in [2.75, 3.05) is 27.9 Å². The zero-order chi connectivity index (χ0) is 21.3. The molecule has 1 saturated heterocycles. The molecule has 8 heteroatoms. The van der Waals surface area contributed by atoms with Crippen molar-refractivity contribution < 1.29 is 19.0 Å². The van der Waals surface area contributed by atoms with Crippen molar-refractivity contribution >= 4 is 17.1 Å². The van der Waals surface area contributed by atoms with E-state index in [4.69, 9.17) is 24.9 Å². The molecule has 1 aliphatic rings. The number of nitrogens with one attached hydrogen (secondary N) is 1. The zero-order valence-electron chi connectivity index (χ0n) is 17.4. The first-order valence-electron chi connectivity index (χ1n) is 9.93. The van der Waals surface area contributed by atoms with Crippen molar-refractivity contribution in [2.45, 2.75) is 25.3 Å². The van der Waals surface area contributed by atoms with Crippen molar-refractivity contribution in [3.63, 3.8) is 0 Å². The molecule has 1 aromatic heterocycles. The number of para-hydroxylation sites is 1. The fourth-order valence-corrected chi connectivity index (χ4v) is 4.26. The number of likely N-dealkylation sites (tertiary alicyclic amines) is 1. The predicted octanol–water partition coefficient (Wildman–Crippen LogP) is 3.86. The van der Waals surface area contributed by atoms with Crippen LogP contribution in [0.3, 0.4) is 0 Å². The lowest BCUT2D eigenvalue weighted by Gasteiger charge is -2.34. The molecule has 3 N–H and O–H groups in total. The minimum atomic E-state index is -0.394. The van der Waals surface area contributed by atoms with Crippen LogP contribution >= 0.6 is 0 Å². The van der Waals surface area contributed by atoms with Gasteiger partial charge in [-0.3, -0.25) is 0 Å².